The molecule has 1 heterocycles. The van der Waals surface area contributed by atoms with Crippen molar-refractivity contribution in [2.45, 2.75) is 11.3 Å². The summed E-state index contributed by atoms with van der Waals surface area (Å²) in [5, 5.41) is 3.24. The maximum atomic E-state index is 12.8. The number of hydrogen-bond acceptors (Lipinski definition) is 4. The molecule has 0 unspecified atom stereocenters. The first kappa shape index (κ1) is 20.7. The summed E-state index contributed by atoms with van der Waals surface area (Å²) in [6, 6.07) is 23.1. The third-order valence-corrected chi connectivity index (χ3v) is 8.12. The third-order valence-electron chi connectivity index (χ3n) is 6.21. The number of carbonyl (C=O) groups excluding carboxylic acids is 1. The van der Waals surface area contributed by atoms with Gasteiger partial charge in [0.1, 0.15) is 0 Å². The van der Waals surface area contributed by atoms with E-state index in [1.165, 1.54) is 26.6 Å². The lowest BCUT2D eigenvalue weighted by molar-refractivity contribution is -0.130. The number of hydrogen-bond donors (Lipinski definition) is 1. The minimum Gasteiger partial charge on any atom is -0.376 e. The van der Waals surface area contributed by atoms with E-state index in [4.69, 9.17) is 0 Å². The molecule has 1 N–H and O–H groups in total. The van der Waals surface area contributed by atoms with Gasteiger partial charge in [-0.25, -0.2) is 8.42 Å². The summed E-state index contributed by atoms with van der Waals surface area (Å²) < 4.78 is 27.0. The molecule has 32 heavy (non-hydrogen) atoms. The van der Waals surface area contributed by atoms with Crippen LogP contribution in [0.3, 0.4) is 0 Å². The van der Waals surface area contributed by atoms with E-state index in [1.807, 2.05) is 6.07 Å². The molecular weight excluding hydrogens is 422 g/mol. The first-order chi connectivity index (χ1) is 15.5. The number of rotatable bonds is 5. The molecule has 5 rings (SSSR count). The predicted molar refractivity (Wildman–Crippen MR) is 125 cm³/mol. The van der Waals surface area contributed by atoms with E-state index >= 15 is 0 Å². The molecule has 1 saturated heterocycles. The van der Waals surface area contributed by atoms with Gasteiger partial charge in [0.15, 0.2) is 0 Å². The van der Waals surface area contributed by atoms with E-state index in [1.54, 1.807) is 35.2 Å². The van der Waals surface area contributed by atoms with Crippen LogP contribution in [0, 0.1) is 0 Å². The number of fused-ring (bicyclic) bond motifs is 3. The summed E-state index contributed by atoms with van der Waals surface area (Å²) in [4.78, 5) is 14.7. The number of nitrogens with one attached hydrogen (secondary N) is 1. The van der Waals surface area contributed by atoms with Crippen molar-refractivity contribution in [2.24, 2.45) is 0 Å². The van der Waals surface area contributed by atoms with Crippen molar-refractivity contribution in [3.05, 3.63) is 83.9 Å². The van der Waals surface area contributed by atoms with Crippen molar-refractivity contribution < 1.29 is 13.2 Å². The van der Waals surface area contributed by atoms with E-state index in [-0.39, 0.29) is 12.5 Å². The Balaban J connectivity index is 1.17. The van der Waals surface area contributed by atoms with Gasteiger partial charge in [0.2, 0.25) is 15.9 Å². The summed E-state index contributed by atoms with van der Waals surface area (Å²) in [6.07, 6.45) is 0.910. The molecular formula is C25H25N3O3S. The molecule has 0 atom stereocenters. The van der Waals surface area contributed by atoms with Gasteiger partial charge in [-0.1, -0.05) is 48.5 Å². The fourth-order valence-electron chi connectivity index (χ4n) is 4.46. The van der Waals surface area contributed by atoms with Crippen LogP contribution in [0.15, 0.2) is 77.7 Å². The molecule has 0 radical (unpaired) electrons. The molecule has 0 spiro atoms. The van der Waals surface area contributed by atoms with Crippen molar-refractivity contribution in [3.63, 3.8) is 0 Å². The van der Waals surface area contributed by atoms with Crippen LogP contribution in [0.25, 0.3) is 11.1 Å². The summed E-state index contributed by atoms with van der Waals surface area (Å²) in [7, 11) is -3.52. The quantitative estimate of drug-likeness (QED) is 0.510. The van der Waals surface area contributed by atoms with Crippen molar-refractivity contribution in [1.29, 1.82) is 0 Å². The number of amides is 1. The van der Waals surface area contributed by atoms with Crippen molar-refractivity contribution in [3.8, 4) is 11.1 Å². The zero-order valence-electron chi connectivity index (χ0n) is 17.7. The van der Waals surface area contributed by atoms with Crippen LogP contribution in [-0.2, 0) is 21.2 Å². The molecule has 1 fully saturated rings. The fraction of sp³-hybridized carbons (Fsp3) is 0.240. The predicted octanol–water partition coefficient (Wildman–Crippen LogP) is 3.20. The molecule has 1 aliphatic carbocycles. The third kappa shape index (κ3) is 3.89. The van der Waals surface area contributed by atoms with E-state index in [0.717, 1.165) is 12.1 Å². The van der Waals surface area contributed by atoms with E-state index in [2.05, 4.69) is 41.7 Å². The number of benzene rings is 3. The Labute approximate surface area is 188 Å². The Bertz CT molecular complexity index is 1250. The van der Waals surface area contributed by atoms with Gasteiger partial charge in [0.25, 0.3) is 0 Å². The highest BCUT2D eigenvalue weighted by atomic mass is 32.2. The van der Waals surface area contributed by atoms with Gasteiger partial charge in [0.05, 0.1) is 11.4 Å². The van der Waals surface area contributed by atoms with Gasteiger partial charge in [-0.05, 0) is 52.9 Å². The average Bonchev–Trinajstić information content (AvgIpc) is 3.21. The number of sulfonamides is 1. The largest absolute Gasteiger partial charge is 0.376 e. The first-order valence-corrected chi connectivity index (χ1v) is 12.2. The van der Waals surface area contributed by atoms with Gasteiger partial charge >= 0.3 is 0 Å². The Kier molecular flexibility index (Phi) is 5.45. The molecule has 3 aromatic carbocycles. The molecule has 7 heteroatoms. The first-order valence-electron chi connectivity index (χ1n) is 10.8. The fourth-order valence-corrected chi connectivity index (χ4v) is 5.91. The van der Waals surface area contributed by atoms with Crippen LogP contribution in [0.4, 0.5) is 5.69 Å². The van der Waals surface area contributed by atoms with Crippen LogP contribution >= 0.6 is 0 Å². The zero-order valence-corrected chi connectivity index (χ0v) is 18.5. The Morgan fingerprint density at radius 3 is 2.28 bits per heavy atom. The zero-order chi connectivity index (χ0) is 22.1. The maximum absolute atomic E-state index is 12.8. The smallest absolute Gasteiger partial charge is 0.243 e. The molecule has 164 valence electrons. The van der Waals surface area contributed by atoms with Gasteiger partial charge in [-0.3, -0.25) is 4.79 Å². The highest BCUT2D eigenvalue weighted by Crippen LogP contribution is 2.37. The topological polar surface area (TPSA) is 69.7 Å². The lowest BCUT2D eigenvalue weighted by atomic mass is 10.1. The Morgan fingerprint density at radius 1 is 0.812 bits per heavy atom. The highest BCUT2D eigenvalue weighted by Gasteiger charge is 2.29. The number of nitrogens with zero attached hydrogens (tertiary/aromatic N) is 2. The number of piperazine rings is 1. The Morgan fingerprint density at radius 2 is 1.50 bits per heavy atom. The van der Waals surface area contributed by atoms with Crippen LogP contribution < -0.4 is 5.32 Å². The summed E-state index contributed by atoms with van der Waals surface area (Å²) in [6.45, 7) is 1.59. The molecule has 1 amide bonds. The summed E-state index contributed by atoms with van der Waals surface area (Å²) in [5.41, 5.74) is 6.07. The lowest BCUT2D eigenvalue weighted by Gasteiger charge is -2.34. The van der Waals surface area contributed by atoms with E-state index in [0.29, 0.717) is 31.1 Å². The van der Waals surface area contributed by atoms with Crippen LogP contribution in [0.2, 0.25) is 0 Å². The average molecular weight is 448 g/mol. The van der Waals surface area contributed by atoms with Gasteiger partial charge < -0.3 is 10.2 Å². The second kappa shape index (κ2) is 8.41. The van der Waals surface area contributed by atoms with Gasteiger partial charge in [0, 0.05) is 31.9 Å². The van der Waals surface area contributed by atoms with Crippen molar-refractivity contribution in [1.82, 2.24) is 9.21 Å². The van der Waals surface area contributed by atoms with Crippen LogP contribution in [0.1, 0.15) is 11.1 Å². The summed E-state index contributed by atoms with van der Waals surface area (Å²) >= 11 is 0. The normalized spacial score (nSPS) is 15.8. The minimum atomic E-state index is -3.52. The molecule has 2 aliphatic rings. The summed E-state index contributed by atoms with van der Waals surface area (Å²) in [5.74, 6) is -0.0226. The van der Waals surface area contributed by atoms with E-state index in [9.17, 15) is 13.2 Å². The monoisotopic (exact) mass is 447 g/mol. The Hall–Kier alpha value is -3.16. The maximum Gasteiger partial charge on any atom is 0.243 e. The van der Waals surface area contributed by atoms with Gasteiger partial charge in [-0.15, -0.1) is 0 Å². The van der Waals surface area contributed by atoms with E-state index < -0.39 is 10.0 Å². The molecule has 3 aromatic rings. The second-order valence-electron chi connectivity index (χ2n) is 8.16. The standard InChI is InChI=1S/C25H25N3O3S/c29-25(27-12-14-28(15-13-27)32(30,31)22-7-2-1-3-8-22)18-26-21-10-11-24-20(17-21)16-19-6-4-5-9-23(19)24/h1-11,17,26H,12-16,18H2. The number of anilines is 1. The number of carbonyl (C=O) groups is 1. The molecule has 1 aliphatic heterocycles. The molecule has 6 nitrogen and oxygen atoms in total. The molecule has 0 saturated carbocycles. The minimum absolute atomic E-state index is 0.0226. The van der Waals surface area contributed by atoms with Crippen LogP contribution in [0.5, 0.6) is 0 Å². The molecule has 0 aromatic heterocycles. The van der Waals surface area contributed by atoms with Gasteiger partial charge in [-0.2, -0.15) is 4.31 Å². The molecule has 0 bridgehead atoms. The van der Waals surface area contributed by atoms with Crippen molar-refractivity contribution >= 4 is 21.6 Å². The van der Waals surface area contributed by atoms with Crippen LogP contribution in [-0.4, -0.2) is 56.3 Å². The lowest BCUT2D eigenvalue weighted by Crippen LogP contribution is -2.51. The highest BCUT2D eigenvalue weighted by molar-refractivity contribution is 7.89. The second-order valence-corrected chi connectivity index (χ2v) is 10.1. The van der Waals surface area contributed by atoms with Crippen molar-refractivity contribution in [2.75, 3.05) is 38.0 Å². The SMILES string of the molecule is O=C(CNc1ccc2c(c1)Cc1ccccc1-2)N1CCN(S(=O)(=O)c2ccccc2)CC1.